The van der Waals surface area contributed by atoms with E-state index >= 15 is 0 Å². The fourth-order valence-electron chi connectivity index (χ4n) is 1.64. The molecule has 0 aliphatic rings. The smallest absolute Gasteiger partial charge is 0.191 e. The lowest BCUT2D eigenvalue weighted by Crippen LogP contribution is -2.03. The van der Waals surface area contributed by atoms with Crippen LogP contribution in [0.1, 0.15) is 0 Å². The number of rotatable bonds is 7. The van der Waals surface area contributed by atoms with Crippen LogP contribution >= 0.6 is 11.8 Å². The van der Waals surface area contributed by atoms with E-state index in [-0.39, 0.29) is 6.61 Å². The lowest BCUT2D eigenvalue weighted by atomic mass is 10.2. The average Bonchev–Trinajstić information content (AvgIpc) is 2.81. The summed E-state index contributed by atoms with van der Waals surface area (Å²) in [4.78, 5) is 0. The second-order valence-corrected chi connectivity index (χ2v) is 4.98. The first kappa shape index (κ1) is 14.0. The van der Waals surface area contributed by atoms with E-state index in [0.29, 0.717) is 13.2 Å². The van der Waals surface area contributed by atoms with E-state index in [0.717, 1.165) is 22.3 Å². The molecule has 0 aliphatic carbocycles. The minimum Gasteiger partial charge on any atom is -0.394 e. The van der Waals surface area contributed by atoms with E-state index in [4.69, 9.17) is 9.84 Å². The van der Waals surface area contributed by atoms with E-state index < -0.39 is 0 Å². The number of aliphatic hydroxyl groups is 1. The quantitative estimate of drug-likeness (QED) is 0.616. The van der Waals surface area contributed by atoms with Crippen LogP contribution in [0.3, 0.4) is 0 Å². The molecule has 0 unspecified atom stereocenters. The van der Waals surface area contributed by atoms with Gasteiger partial charge in [-0.3, -0.25) is 0 Å². The van der Waals surface area contributed by atoms with Gasteiger partial charge in [-0.25, -0.2) is 0 Å². The molecule has 2 aromatic rings. The summed E-state index contributed by atoms with van der Waals surface area (Å²) in [6.07, 6.45) is 0. The highest BCUT2D eigenvalue weighted by atomic mass is 32.2. The van der Waals surface area contributed by atoms with Gasteiger partial charge in [-0.1, -0.05) is 42.1 Å². The molecule has 0 saturated heterocycles. The second kappa shape index (κ2) is 7.28. The zero-order valence-corrected chi connectivity index (χ0v) is 11.6. The van der Waals surface area contributed by atoms with Crippen LogP contribution in [0.5, 0.6) is 0 Å². The summed E-state index contributed by atoms with van der Waals surface area (Å²) in [6, 6.07) is 9.98. The molecule has 5 nitrogen and oxygen atoms in total. The summed E-state index contributed by atoms with van der Waals surface area (Å²) < 4.78 is 7.19. The zero-order valence-electron chi connectivity index (χ0n) is 10.8. The Morgan fingerprint density at radius 2 is 2.00 bits per heavy atom. The maximum Gasteiger partial charge on any atom is 0.191 e. The van der Waals surface area contributed by atoms with Crippen LogP contribution < -0.4 is 0 Å². The van der Waals surface area contributed by atoms with Gasteiger partial charge in [0.25, 0.3) is 0 Å². The Labute approximate surface area is 116 Å². The Morgan fingerprint density at radius 3 is 2.74 bits per heavy atom. The molecule has 0 fully saturated rings. The molecule has 1 N–H and O–H groups in total. The standard InChI is InChI=1S/C13H17N3O2S/c1-16-12(11-5-3-2-4-6-11)14-15-13(16)19-10-9-18-8-7-17/h2-6,17H,7-10H2,1H3. The summed E-state index contributed by atoms with van der Waals surface area (Å²) in [5, 5.41) is 17.9. The highest BCUT2D eigenvalue weighted by molar-refractivity contribution is 7.99. The van der Waals surface area contributed by atoms with Gasteiger partial charge in [-0.15, -0.1) is 10.2 Å². The van der Waals surface area contributed by atoms with Gasteiger partial charge in [0.15, 0.2) is 11.0 Å². The number of aliphatic hydroxyl groups excluding tert-OH is 1. The van der Waals surface area contributed by atoms with Gasteiger partial charge in [-0.05, 0) is 0 Å². The van der Waals surface area contributed by atoms with Crippen molar-refractivity contribution in [3.8, 4) is 11.4 Å². The van der Waals surface area contributed by atoms with Crippen LogP contribution in [0.4, 0.5) is 0 Å². The summed E-state index contributed by atoms with van der Waals surface area (Å²) >= 11 is 1.60. The van der Waals surface area contributed by atoms with Crippen LogP contribution in [0, 0.1) is 0 Å². The first-order valence-electron chi connectivity index (χ1n) is 6.09. The number of benzene rings is 1. The molecule has 2 rings (SSSR count). The maximum absolute atomic E-state index is 8.60. The third kappa shape index (κ3) is 3.79. The van der Waals surface area contributed by atoms with Crippen molar-refractivity contribution in [2.45, 2.75) is 5.16 Å². The van der Waals surface area contributed by atoms with Gasteiger partial charge in [0.05, 0.1) is 19.8 Å². The molecule has 1 aromatic carbocycles. The van der Waals surface area contributed by atoms with Gasteiger partial charge in [-0.2, -0.15) is 0 Å². The van der Waals surface area contributed by atoms with Gasteiger partial charge >= 0.3 is 0 Å². The second-order valence-electron chi connectivity index (χ2n) is 3.92. The van der Waals surface area contributed by atoms with Crippen LogP contribution in [-0.4, -0.2) is 45.4 Å². The molecule has 0 atom stereocenters. The molecule has 1 heterocycles. The molecule has 0 amide bonds. The largest absolute Gasteiger partial charge is 0.394 e. The van der Waals surface area contributed by atoms with Crippen molar-refractivity contribution in [3.63, 3.8) is 0 Å². The van der Waals surface area contributed by atoms with E-state index in [1.54, 1.807) is 11.8 Å². The first-order chi connectivity index (χ1) is 9.33. The first-order valence-corrected chi connectivity index (χ1v) is 7.07. The predicted octanol–water partition coefficient (Wildman–Crippen LogP) is 1.58. The Morgan fingerprint density at radius 1 is 1.21 bits per heavy atom. The molecule has 0 radical (unpaired) electrons. The Balaban J connectivity index is 1.95. The number of ether oxygens (including phenoxy) is 1. The van der Waals surface area contributed by atoms with Crippen molar-refractivity contribution in [2.24, 2.45) is 7.05 Å². The number of hydrogen-bond acceptors (Lipinski definition) is 5. The normalized spacial score (nSPS) is 10.8. The monoisotopic (exact) mass is 279 g/mol. The molecular weight excluding hydrogens is 262 g/mol. The summed E-state index contributed by atoms with van der Waals surface area (Å²) in [5.74, 6) is 1.65. The molecular formula is C13H17N3O2S. The summed E-state index contributed by atoms with van der Waals surface area (Å²) in [7, 11) is 1.96. The number of thioether (sulfide) groups is 1. The van der Waals surface area contributed by atoms with Gasteiger partial charge < -0.3 is 14.4 Å². The number of hydrogen-bond donors (Lipinski definition) is 1. The number of aromatic nitrogens is 3. The van der Waals surface area contributed by atoms with E-state index in [1.165, 1.54) is 0 Å². The van der Waals surface area contributed by atoms with Crippen molar-refractivity contribution < 1.29 is 9.84 Å². The van der Waals surface area contributed by atoms with Crippen LogP contribution in [0.25, 0.3) is 11.4 Å². The molecule has 0 aliphatic heterocycles. The fraction of sp³-hybridized carbons (Fsp3) is 0.385. The van der Waals surface area contributed by atoms with Crippen LogP contribution in [-0.2, 0) is 11.8 Å². The third-order valence-corrected chi connectivity index (χ3v) is 3.55. The molecule has 0 bridgehead atoms. The SMILES string of the molecule is Cn1c(SCCOCCO)nnc1-c1ccccc1. The van der Waals surface area contributed by atoms with E-state index in [1.807, 2.05) is 41.9 Å². The van der Waals surface area contributed by atoms with Crippen molar-refractivity contribution >= 4 is 11.8 Å². The minimum atomic E-state index is 0.0623. The molecule has 0 saturated carbocycles. The van der Waals surface area contributed by atoms with Crippen molar-refractivity contribution in [1.29, 1.82) is 0 Å². The maximum atomic E-state index is 8.60. The highest BCUT2D eigenvalue weighted by Gasteiger charge is 2.10. The zero-order chi connectivity index (χ0) is 13.5. The molecule has 1 aromatic heterocycles. The van der Waals surface area contributed by atoms with Crippen molar-refractivity contribution in [2.75, 3.05) is 25.6 Å². The molecule has 0 spiro atoms. The summed E-state index contributed by atoms with van der Waals surface area (Å²) in [5.41, 5.74) is 1.06. The number of nitrogens with zero attached hydrogens (tertiary/aromatic N) is 3. The van der Waals surface area contributed by atoms with E-state index in [2.05, 4.69) is 10.2 Å². The minimum absolute atomic E-state index is 0.0623. The molecule has 6 heteroatoms. The van der Waals surface area contributed by atoms with Crippen LogP contribution in [0.2, 0.25) is 0 Å². The van der Waals surface area contributed by atoms with Crippen LogP contribution in [0.15, 0.2) is 35.5 Å². The Bertz CT molecular complexity index is 502. The predicted molar refractivity (Wildman–Crippen MR) is 75.1 cm³/mol. The van der Waals surface area contributed by atoms with E-state index in [9.17, 15) is 0 Å². The van der Waals surface area contributed by atoms with Gasteiger partial charge in [0.1, 0.15) is 0 Å². The lowest BCUT2D eigenvalue weighted by Gasteiger charge is -2.04. The lowest BCUT2D eigenvalue weighted by molar-refractivity contribution is 0.103. The average molecular weight is 279 g/mol. The third-order valence-electron chi connectivity index (χ3n) is 2.56. The molecule has 102 valence electrons. The summed E-state index contributed by atoms with van der Waals surface area (Å²) in [6.45, 7) is 1.04. The van der Waals surface area contributed by atoms with Gasteiger partial charge in [0.2, 0.25) is 0 Å². The fourth-order valence-corrected chi connectivity index (χ4v) is 2.40. The Kier molecular flexibility index (Phi) is 5.38. The topological polar surface area (TPSA) is 60.2 Å². The van der Waals surface area contributed by atoms with Gasteiger partial charge in [0, 0.05) is 18.4 Å². The molecule has 19 heavy (non-hydrogen) atoms. The highest BCUT2D eigenvalue weighted by Crippen LogP contribution is 2.21. The Hall–Kier alpha value is -1.37. The van der Waals surface area contributed by atoms with Crippen molar-refractivity contribution in [1.82, 2.24) is 14.8 Å². The van der Waals surface area contributed by atoms with Crippen molar-refractivity contribution in [3.05, 3.63) is 30.3 Å².